The third-order valence-electron chi connectivity index (χ3n) is 4.56. The maximum absolute atomic E-state index is 12.3. The molecule has 1 saturated carbocycles. The Bertz CT molecular complexity index is 513. The predicted molar refractivity (Wildman–Crippen MR) is 98.3 cm³/mol. The Morgan fingerprint density at radius 2 is 2.08 bits per heavy atom. The van der Waals surface area contributed by atoms with Gasteiger partial charge in [-0.05, 0) is 38.6 Å². The zero-order valence-corrected chi connectivity index (χ0v) is 15.0. The van der Waals surface area contributed by atoms with Crippen LogP contribution in [0.5, 0.6) is 5.75 Å². The van der Waals surface area contributed by atoms with Gasteiger partial charge >= 0.3 is 0 Å². The predicted octanol–water partition coefficient (Wildman–Crippen LogP) is 2.86. The smallest absolute Gasteiger partial charge is 0.241 e. The third kappa shape index (κ3) is 6.49. The summed E-state index contributed by atoms with van der Waals surface area (Å²) in [5, 5.41) is 2.92. The van der Waals surface area contributed by atoms with E-state index >= 15 is 0 Å². The van der Waals surface area contributed by atoms with Gasteiger partial charge in [0.15, 0.2) is 0 Å². The lowest BCUT2D eigenvalue weighted by atomic mass is 9.85. The number of amides is 1. The van der Waals surface area contributed by atoms with E-state index in [-0.39, 0.29) is 5.91 Å². The van der Waals surface area contributed by atoms with Gasteiger partial charge in [0.25, 0.3) is 0 Å². The molecular weight excluding hydrogens is 302 g/mol. The van der Waals surface area contributed by atoms with Crippen LogP contribution in [0.25, 0.3) is 0 Å². The van der Waals surface area contributed by atoms with Crippen molar-refractivity contribution in [1.29, 1.82) is 0 Å². The molecule has 24 heavy (non-hydrogen) atoms. The highest BCUT2D eigenvalue weighted by Crippen LogP contribution is 2.27. The highest BCUT2D eigenvalue weighted by Gasteiger charge is 2.21. The second-order valence-corrected chi connectivity index (χ2v) is 7.02. The van der Waals surface area contributed by atoms with Crippen molar-refractivity contribution in [2.24, 2.45) is 11.7 Å². The van der Waals surface area contributed by atoms with Crippen molar-refractivity contribution in [3.05, 3.63) is 24.3 Å². The summed E-state index contributed by atoms with van der Waals surface area (Å²) >= 11 is 0. The molecule has 0 saturated heterocycles. The normalized spacial score (nSPS) is 16.8. The summed E-state index contributed by atoms with van der Waals surface area (Å²) in [5.74, 6) is 1.25. The first-order valence-corrected chi connectivity index (χ1v) is 8.98. The summed E-state index contributed by atoms with van der Waals surface area (Å²) in [7, 11) is 4.02. The van der Waals surface area contributed by atoms with E-state index in [4.69, 9.17) is 10.5 Å². The Balaban J connectivity index is 1.81. The first kappa shape index (κ1) is 18.7. The quantitative estimate of drug-likeness (QED) is 0.767. The van der Waals surface area contributed by atoms with Crippen LogP contribution in [0.2, 0.25) is 0 Å². The number of carbonyl (C=O) groups is 1. The van der Waals surface area contributed by atoms with Crippen LogP contribution < -0.4 is 15.8 Å². The fourth-order valence-electron chi connectivity index (χ4n) is 3.13. The van der Waals surface area contributed by atoms with Gasteiger partial charge in [-0.1, -0.05) is 38.2 Å². The van der Waals surface area contributed by atoms with Crippen LogP contribution in [0.3, 0.4) is 0 Å². The van der Waals surface area contributed by atoms with E-state index in [2.05, 4.69) is 10.2 Å². The van der Waals surface area contributed by atoms with Gasteiger partial charge in [-0.2, -0.15) is 0 Å². The molecule has 1 aliphatic carbocycles. The standard InChI is InChI=1S/C19H31N3O2/c1-22(2)11-12-24-17-10-6-9-16(14-17)21-19(23)18(20)13-15-7-4-3-5-8-15/h6,9-10,14-15,18H,3-5,7-8,11-13,20H2,1-2H3,(H,21,23). The lowest BCUT2D eigenvalue weighted by Crippen LogP contribution is -2.37. The second-order valence-electron chi connectivity index (χ2n) is 7.02. The first-order valence-electron chi connectivity index (χ1n) is 8.98. The average molecular weight is 333 g/mol. The number of likely N-dealkylation sites (N-methyl/N-ethyl adjacent to an activating group) is 1. The fraction of sp³-hybridized carbons (Fsp3) is 0.632. The van der Waals surface area contributed by atoms with Gasteiger partial charge in [0.2, 0.25) is 5.91 Å². The summed E-state index contributed by atoms with van der Waals surface area (Å²) < 4.78 is 5.70. The van der Waals surface area contributed by atoms with E-state index in [1.807, 2.05) is 38.4 Å². The van der Waals surface area contributed by atoms with Crippen molar-refractivity contribution < 1.29 is 9.53 Å². The van der Waals surface area contributed by atoms with Gasteiger partial charge < -0.3 is 20.7 Å². The van der Waals surface area contributed by atoms with Crippen molar-refractivity contribution in [3.8, 4) is 5.75 Å². The van der Waals surface area contributed by atoms with Crippen LogP contribution in [0, 0.1) is 5.92 Å². The van der Waals surface area contributed by atoms with Crippen LogP contribution in [0.4, 0.5) is 5.69 Å². The largest absolute Gasteiger partial charge is 0.492 e. The number of hydrogen-bond acceptors (Lipinski definition) is 4. The van der Waals surface area contributed by atoms with E-state index in [9.17, 15) is 4.79 Å². The lowest BCUT2D eigenvalue weighted by Gasteiger charge is -2.24. The van der Waals surface area contributed by atoms with Crippen molar-refractivity contribution in [3.63, 3.8) is 0 Å². The van der Waals surface area contributed by atoms with E-state index in [1.54, 1.807) is 0 Å². The summed E-state index contributed by atoms with van der Waals surface area (Å²) in [6.45, 7) is 1.47. The average Bonchev–Trinajstić information content (AvgIpc) is 2.55. The highest BCUT2D eigenvalue weighted by molar-refractivity contribution is 5.94. The number of rotatable bonds is 8. The van der Waals surface area contributed by atoms with Crippen LogP contribution in [-0.2, 0) is 4.79 Å². The topological polar surface area (TPSA) is 67.6 Å². The second kappa shape index (κ2) is 9.64. The molecule has 1 amide bonds. The molecule has 0 aliphatic heterocycles. The molecule has 1 fully saturated rings. The number of nitrogens with one attached hydrogen (secondary N) is 1. The molecule has 5 heteroatoms. The van der Waals surface area contributed by atoms with E-state index < -0.39 is 6.04 Å². The van der Waals surface area contributed by atoms with Gasteiger partial charge in [-0.3, -0.25) is 4.79 Å². The Hall–Kier alpha value is -1.59. The summed E-state index contributed by atoms with van der Waals surface area (Å²) in [6, 6.07) is 7.05. The highest BCUT2D eigenvalue weighted by atomic mass is 16.5. The zero-order valence-electron chi connectivity index (χ0n) is 15.0. The molecule has 1 aromatic carbocycles. The number of nitrogens with zero attached hydrogens (tertiary/aromatic N) is 1. The van der Waals surface area contributed by atoms with Gasteiger partial charge in [0.1, 0.15) is 12.4 Å². The molecule has 134 valence electrons. The molecule has 0 radical (unpaired) electrons. The third-order valence-corrected chi connectivity index (χ3v) is 4.56. The molecular formula is C19H31N3O2. The van der Waals surface area contributed by atoms with Crippen LogP contribution >= 0.6 is 0 Å². The molecule has 1 aromatic rings. The molecule has 1 unspecified atom stereocenters. The first-order chi connectivity index (χ1) is 11.5. The Morgan fingerprint density at radius 3 is 2.79 bits per heavy atom. The zero-order chi connectivity index (χ0) is 17.4. The molecule has 5 nitrogen and oxygen atoms in total. The number of nitrogens with two attached hydrogens (primary N) is 1. The number of carbonyl (C=O) groups excluding carboxylic acids is 1. The molecule has 3 N–H and O–H groups in total. The number of anilines is 1. The van der Waals surface area contributed by atoms with Gasteiger partial charge in [0, 0.05) is 18.3 Å². The number of benzene rings is 1. The van der Waals surface area contributed by atoms with Crippen molar-refractivity contribution in [2.75, 3.05) is 32.6 Å². The lowest BCUT2D eigenvalue weighted by molar-refractivity contribution is -0.117. The Kier molecular flexibility index (Phi) is 7.53. The molecule has 0 bridgehead atoms. The van der Waals surface area contributed by atoms with Crippen molar-refractivity contribution in [2.45, 2.75) is 44.6 Å². The minimum Gasteiger partial charge on any atom is -0.492 e. The minimum absolute atomic E-state index is 0.106. The van der Waals surface area contributed by atoms with Crippen LogP contribution in [0.15, 0.2) is 24.3 Å². The minimum atomic E-state index is -0.439. The van der Waals surface area contributed by atoms with E-state index in [1.165, 1.54) is 32.1 Å². The van der Waals surface area contributed by atoms with E-state index in [0.29, 0.717) is 12.5 Å². The van der Waals surface area contributed by atoms with Crippen molar-refractivity contribution in [1.82, 2.24) is 4.90 Å². The van der Waals surface area contributed by atoms with Gasteiger partial charge in [-0.25, -0.2) is 0 Å². The van der Waals surface area contributed by atoms with E-state index in [0.717, 1.165) is 24.4 Å². The number of hydrogen-bond donors (Lipinski definition) is 2. The summed E-state index contributed by atoms with van der Waals surface area (Å²) in [4.78, 5) is 14.4. The van der Waals surface area contributed by atoms with Gasteiger partial charge in [-0.15, -0.1) is 0 Å². The van der Waals surface area contributed by atoms with Crippen LogP contribution in [0.1, 0.15) is 38.5 Å². The fourth-order valence-corrected chi connectivity index (χ4v) is 3.13. The SMILES string of the molecule is CN(C)CCOc1cccc(NC(=O)C(N)CC2CCCCC2)c1. The van der Waals surface area contributed by atoms with Gasteiger partial charge in [0.05, 0.1) is 6.04 Å². The molecule has 0 spiro atoms. The molecule has 2 rings (SSSR count). The Labute approximate surface area is 145 Å². The molecule has 0 heterocycles. The summed E-state index contributed by atoms with van der Waals surface area (Å²) in [5.41, 5.74) is 6.84. The molecule has 1 aliphatic rings. The maximum atomic E-state index is 12.3. The summed E-state index contributed by atoms with van der Waals surface area (Å²) in [6.07, 6.45) is 7.05. The van der Waals surface area contributed by atoms with Crippen molar-refractivity contribution >= 4 is 11.6 Å². The molecule has 0 aromatic heterocycles. The monoisotopic (exact) mass is 333 g/mol. The number of ether oxygens (including phenoxy) is 1. The molecule has 1 atom stereocenters. The maximum Gasteiger partial charge on any atom is 0.241 e. The Morgan fingerprint density at radius 1 is 1.33 bits per heavy atom. The van der Waals surface area contributed by atoms with Crippen LogP contribution in [-0.4, -0.2) is 44.1 Å².